The molecule has 0 heterocycles. The van der Waals surface area contributed by atoms with Gasteiger partial charge in [0.15, 0.2) is 0 Å². The van der Waals surface area contributed by atoms with Gasteiger partial charge in [0.1, 0.15) is 0 Å². The summed E-state index contributed by atoms with van der Waals surface area (Å²) in [5.41, 5.74) is -0.583. The van der Waals surface area contributed by atoms with Gasteiger partial charge in [-0.25, -0.2) is 0 Å². The average molecular weight is 437 g/mol. The highest BCUT2D eigenvalue weighted by Crippen LogP contribution is 2.68. The highest BCUT2D eigenvalue weighted by atomic mass is 16.3. The Morgan fingerprint density at radius 1 is 0.968 bits per heavy atom. The van der Waals surface area contributed by atoms with Crippen LogP contribution in [0.15, 0.2) is 0 Å². The fourth-order valence-electron chi connectivity index (χ4n) is 9.19. The first kappa shape index (κ1) is 24.0. The van der Waals surface area contributed by atoms with E-state index in [-0.39, 0.29) is 29.1 Å². The molecule has 0 aromatic carbocycles. The summed E-state index contributed by atoms with van der Waals surface area (Å²) in [4.78, 5) is 0. The molecule has 0 radical (unpaired) electrons. The van der Waals surface area contributed by atoms with Gasteiger partial charge < -0.3 is 20.4 Å². The second-order valence-electron chi connectivity index (χ2n) is 13.2. The van der Waals surface area contributed by atoms with E-state index in [1.54, 1.807) is 0 Å². The molecule has 4 rings (SSSR count). The lowest BCUT2D eigenvalue weighted by atomic mass is 9.43. The van der Waals surface area contributed by atoms with Crippen molar-refractivity contribution in [3.63, 3.8) is 0 Å². The zero-order valence-electron chi connectivity index (χ0n) is 20.6. The van der Waals surface area contributed by atoms with Crippen LogP contribution in [0, 0.1) is 46.3 Å². The Balaban J connectivity index is 1.54. The molecule has 4 saturated carbocycles. The van der Waals surface area contributed by atoms with E-state index in [9.17, 15) is 20.4 Å². The van der Waals surface area contributed by atoms with Gasteiger partial charge in [0.05, 0.1) is 23.9 Å². The topological polar surface area (TPSA) is 80.9 Å². The molecular weight excluding hydrogens is 388 g/mol. The minimum absolute atomic E-state index is 0.117. The van der Waals surface area contributed by atoms with Gasteiger partial charge in [-0.1, -0.05) is 33.6 Å². The van der Waals surface area contributed by atoms with E-state index in [0.717, 1.165) is 64.2 Å². The van der Waals surface area contributed by atoms with Crippen LogP contribution in [0.3, 0.4) is 0 Å². The molecule has 0 aliphatic heterocycles. The first-order chi connectivity index (χ1) is 14.4. The van der Waals surface area contributed by atoms with Gasteiger partial charge >= 0.3 is 0 Å². The standard InChI is InChI=1S/C27H48O4/c1-16(7-6-11-25(2,3)31)19-8-9-20-24-21(15-23(30)27(19,20)5)26(4)12-10-18(28)13-17(26)14-22(24)29/h16-24,28-31H,6-15H2,1-5H3/t16-,17?,18?,19-,20+,21+,22?,23?,24+,26+,27-/m1/s1. The summed E-state index contributed by atoms with van der Waals surface area (Å²) in [7, 11) is 0. The van der Waals surface area contributed by atoms with Crippen molar-refractivity contribution in [1.29, 1.82) is 0 Å². The quantitative estimate of drug-likeness (QED) is 0.511. The largest absolute Gasteiger partial charge is 0.393 e. The van der Waals surface area contributed by atoms with Crippen molar-refractivity contribution in [2.24, 2.45) is 46.3 Å². The molecule has 11 atom stereocenters. The number of aliphatic hydroxyl groups is 4. The summed E-state index contributed by atoms with van der Waals surface area (Å²) in [6.45, 7) is 10.8. The number of hydrogen-bond donors (Lipinski definition) is 4. The van der Waals surface area contributed by atoms with Crippen LogP contribution < -0.4 is 0 Å². The van der Waals surface area contributed by atoms with Crippen LogP contribution in [-0.2, 0) is 0 Å². The summed E-state index contributed by atoms with van der Waals surface area (Å²) in [6.07, 6.45) is 8.73. The van der Waals surface area contributed by atoms with E-state index < -0.39 is 5.60 Å². The van der Waals surface area contributed by atoms with E-state index >= 15 is 0 Å². The summed E-state index contributed by atoms with van der Waals surface area (Å²) in [5.74, 6) is 2.44. The summed E-state index contributed by atoms with van der Waals surface area (Å²) >= 11 is 0. The maximum atomic E-state index is 11.6. The van der Waals surface area contributed by atoms with Gasteiger partial charge in [0.25, 0.3) is 0 Å². The van der Waals surface area contributed by atoms with E-state index in [4.69, 9.17) is 0 Å². The third-order valence-electron chi connectivity index (χ3n) is 11.0. The number of rotatable bonds is 5. The van der Waals surface area contributed by atoms with Crippen LogP contribution in [-0.4, -0.2) is 44.3 Å². The van der Waals surface area contributed by atoms with Crippen LogP contribution in [0.25, 0.3) is 0 Å². The van der Waals surface area contributed by atoms with E-state index in [0.29, 0.717) is 35.5 Å². The molecule has 4 fully saturated rings. The Kier molecular flexibility index (Phi) is 6.38. The van der Waals surface area contributed by atoms with Crippen LogP contribution in [0.2, 0.25) is 0 Å². The third-order valence-corrected chi connectivity index (χ3v) is 11.0. The van der Waals surface area contributed by atoms with Crippen LogP contribution >= 0.6 is 0 Å². The smallest absolute Gasteiger partial charge is 0.0602 e. The Hall–Kier alpha value is -0.160. The minimum Gasteiger partial charge on any atom is -0.393 e. The van der Waals surface area contributed by atoms with Crippen LogP contribution in [0.5, 0.6) is 0 Å². The van der Waals surface area contributed by atoms with Crippen molar-refractivity contribution in [1.82, 2.24) is 0 Å². The molecule has 0 spiro atoms. The van der Waals surface area contributed by atoms with Crippen molar-refractivity contribution >= 4 is 0 Å². The molecule has 180 valence electrons. The van der Waals surface area contributed by atoms with E-state index in [2.05, 4.69) is 20.8 Å². The molecule has 31 heavy (non-hydrogen) atoms. The predicted octanol–water partition coefficient (Wildman–Crippen LogP) is 4.53. The summed E-state index contributed by atoms with van der Waals surface area (Å²) in [6, 6.07) is 0. The fourth-order valence-corrected chi connectivity index (χ4v) is 9.19. The van der Waals surface area contributed by atoms with Gasteiger partial charge in [-0.2, -0.15) is 0 Å². The van der Waals surface area contributed by atoms with Crippen molar-refractivity contribution in [2.75, 3.05) is 0 Å². The maximum Gasteiger partial charge on any atom is 0.0602 e. The number of aliphatic hydroxyl groups excluding tert-OH is 3. The number of hydrogen-bond acceptors (Lipinski definition) is 4. The molecule has 4 aliphatic rings. The third kappa shape index (κ3) is 4.02. The van der Waals surface area contributed by atoms with Crippen LogP contribution in [0.1, 0.15) is 98.8 Å². The SMILES string of the molecule is C[C@H](CCCC(C)(C)O)[C@H]1CC[C@H]2[C@@H]3C(O)CC4CC(O)CC[C@]4(C)[C@H]3CC(O)[C@]12C. The summed E-state index contributed by atoms with van der Waals surface area (Å²) < 4.78 is 0. The zero-order valence-corrected chi connectivity index (χ0v) is 20.6. The minimum atomic E-state index is -0.606. The first-order valence-corrected chi connectivity index (χ1v) is 13.1. The molecule has 0 saturated heterocycles. The lowest BCUT2D eigenvalue weighted by molar-refractivity contribution is -0.207. The number of fused-ring (bicyclic) bond motifs is 5. The average Bonchev–Trinajstić information content (AvgIpc) is 3.01. The predicted molar refractivity (Wildman–Crippen MR) is 123 cm³/mol. The zero-order chi connectivity index (χ0) is 22.8. The van der Waals surface area contributed by atoms with Crippen molar-refractivity contribution < 1.29 is 20.4 Å². The summed E-state index contributed by atoms with van der Waals surface area (Å²) in [5, 5.41) is 43.3. The lowest BCUT2D eigenvalue weighted by Crippen LogP contribution is -2.62. The van der Waals surface area contributed by atoms with Gasteiger partial charge in [0.2, 0.25) is 0 Å². The van der Waals surface area contributed by atoms with E-state index in [1.807, 2.05) is 13.8 Å². The molecule has 0 bridgehead atoms. The molecule has 4 unspecified atom stereocenters. The Labute approximate surface area is 189 Å². The lowest BCUT2D eigenvalue weighted by Gasteiger charge is -2.63. The molecule has 4 heteroatoms. The molecule has 0 aromatic rings. The van der Waals surface area contributed by atoms with Gasteiger partial charge in [-0.15, -0.1) is 0 Å². The Morgan fingerprint density at radius 3 is 2.35 bits per heavy atom. The van der Waals surface area contributed by atoms with E-state index in [1.165, 1.54) is 0 Å². The monoisotopic (exact) mass is 436 g/mol. The second-order valence-corrected chi connectivity index (χ2v) is 13.2. The fraction of sp³-hybridized carbons (Fsp3) is 1.00. The highest BCUT2D eigenvalue weighted by Gasteiger charge is 2.65. The molecule has 0 amide bonds. The normalized spacial score (nSPS) is 51.0. The Bertz CT molecular complexity index is 644. The molecule has 0 aromatic heterocycles. The van der Waals surface area contributed by atoms with Gasteiger partial charge in [-0.05, 0) is 112 Å². The van der Waals surface area contributed by atoms with Gasteiger partial charge in [0, 0.05) is 0 Å². The molecular formula is C27H48O4. The van der Waals surface area contributed by atoms with Crippen LogP contribution in [0.4, 0.5) is 0 Å². The van der Waals surface area contributed by atoms with Gasteiger partial charge in [-0.3, -0.25) is 0 Å². The molecule has 4 aliphatic carbocycles. The Morgan fingerprint density at radius 2 is 1.68 bits per heavy atom. The maximum absolute atomic E-state index is 11.6. The first-order valence-electron chi connectivity index (χ1n) is 13.1. The molecule has 4 N–H and O–H groups in total. The van der Waals surface area contributed by atoms with Crippen molar-refractivity contribution in [3.05, 3.63) is 0 Å². The van der Waals surface area contributed by atoms with Crippen molar-refractivity contribution in [3.8, 4) is 0 Å². The molecule has 4 nitrogen and oxygen atoms in total. The second kappa shape index (κ2) is 8.25. The van der Waals surface area contributed by atoms with Crippen molar-refractivity contribution in [2.45, 2.75) is 123 Å². The highest BCUT2D eigenvalue weighted by molar-refractivity contribution is 5.14.